The van der Waals surface area contributed by atoms with E-state index in [0.29, 0.717) is 18.1 Å². The van der Waals surface area contributed by atoms with Crippen molar-refractivity contribution in [1.29, 1.82) is 0 Å². The van der Waals surface area contributed by atoms with Gasteiger partial charge in [-0.25, -0.2) is 0 Å². The van der Waals surface area contributed by atoms with Gasteiger partial charge in [-0.05, 0) is 55.4 Å². The second-order valence-corrected chi connectivity index (χ2v) is 5.77. The third kappa shape index (κ3) is 6.19. The van der Waals surface area contributed by atoms with Gasteiger partial charge in [-0.1, -0.05) is 23.8 Å². The van der Waals surface area contributed by atoms with Crippen LogP contribution in [0.15, 0.2) is 42.5 Å². The number of benzene rings is 2. The first kappa shape index (κ1) is 18.9. The molecule has 0 radical (unpaired) electrons. The summed E-state index contributed by atoms with van der Waals surface area (Å²) in [4.78, 5) is 0. The minimum atomic E-state index is -2.88. The van der Waals surface area contributed by atoms with Gasteiger partial charge in [-0.15, -0.1) is 0 Å². The predicted octanol–water partition coefficient (Wildman–Crippen LogP) is 4.13. The van der Waals surface area contributed by atoms with Gasteiger partial charge in [0, 0.05) is 12.2 Å². The third-order valence-electron chi connectivity index (χ3n) is 3.45. The zero-order valence-electron chi connectivity index (χ0n) is 14.0. The molecule has 2 aromatic rings. The van der Waals surface area contributed by atoms with E-state index in [1.54, 1.807) is 12.1 Å². The largest absolute Gasteiger partial charge is 0.493 e. The summed E-state index contributed by atoms with van der Waals surface area (Å²) in [5.74, 6) is 0.295. The van der Waals surface area contributed by atoms with Gasteiger partial charge < -0.3 is 20.1 Å². The van der Waals surface area contributed by atoms with Crippen molar-refractivity contribution in [2.24, 2.45) is 0 Å². The minimum absolute atomic E-state index is 0.0192. The van der Waals surface area contributed by atoms with Gasteiger partial charge in [0.25, 0.3) is 0 Å². The highest BCUT2D eigenvalue weighted by Crippen LogP contribution is 2.29. The van der Waals surface area contributed by atoms with Crippen molar-refractivity contribution in [3.63, 3.8) is 0 Å². The molecular weight excluding hydrogens is 346 g/mol. The molecule has 0 heterocycles. The third-order valence-corrected chi connectivity index (χ3v) is 3.70. The number of thiocarbonyl (C=S) groups is 1. The van der Waals surface area contributed by atoms with Gasteiger partial charge in [-0.2, -0.15) is 8.78 Å². The van der Waals surface area contributed by atoms with Gasteiger partial charge in [0.15, 0.2) is 16.6 Å². The van der Waals surface area contributed by atoms with Crippen LogP contribution in [0.1, 0.15) is 11.1 Å². The van der Waals surface area contributed by atoms with Crippen molar-refractivity contribution in [2.75, 3.05) is 19.0 Å². The van der Waals surface area contributed by atoms with Crippen LogP contribution in [0.3, 0.4) is 0 Å². The molecule has 0 saturated heterocycles. The van der Waals surface area contributed by atoms with Gasteiger partial charge in [0.2, 0.25) is 0 Å². The molecule has 25 heavy (non-hydrogen) atoms. The number of hydrogen-bond donors (Lipinski definition) is 2. The Bertz CT molecular complexity index is 709. The number of anilines is 1. The number of aryl methyl sites for hydroxylation is 1. The summed E-state index contributed by atoms with van der Waals surface area (Å²) in [6, 6.07) is 12.8. The molecule has 0 bridgehead atoms. The topological polar surface area (TPSA) is 42.5 Å². The zero-order valence-corrected chi connectivity index (χ0v) is 14.8. The highest BCUT2D eigenvalue weighted by molar-refractivity contribution is 7.80. The molecule has 0 amide bonds. The lowest BCUT2D eigenvalue weighted by Gasteiger charge is -2.13. The average Bonchev–Trinajstić information content (AvgIpc) is 2.57. The molecular formula is C18H20F2N2O2S. The van der Waals surface area contributed by atoms with E-state index in [0.717, 1.165) is 11.3 Å². The van der Waals surface area contributed by atoms with E-state index in [1.165, 1.54) is 18.7 Å². The fourth-order valence-corrected chi connectivity index (χ4v) is 2.41. The molecule has 7 heteroatoms. The Kier molecular flexibility index (Phi) is 6.94. The van der Waals surface area contributed by atoms with E-state index in [2.05, 4.69) is 15.4 Å². The van der Waals surface area contributed by atoms with Crippen LogP contribution in [0, 0.1) is 6.92 Å². The quantitative estimate of drug-likeness (QED) is 0.721. The van der Waals surface area contributed by atoms with Gasteiger partial charge >= 0.3 is 6.61 Å². The zero-order chi connectivity index (χ0) is 18.2. The van der Waals surface area contributed by atoms with Gasteiger partial charge in [-0.3, -0.25) is 0 Å². The van der Waals surface area contributed by atoms with Crippen LogP contribution in [0.4, 0.5) is 14.5 Å². The number of ether oxygens (including phenoxy) is 2. The number of methoxy groups -OCH3 is 1. The normalized spacial score (nSPS) is 10.4. The monoisotopic (exact) mass is 366 g/mol. The lowest BCUT2D eigenvalue weighted by Crippen LogP contribution is -2.30. The standard InChI is InChI=1S/C18H20F2N2O2S/c1-12-3-6-14(7-4-12)22-18(25)21-10-9-13-5-8-15(24-17(19)20)16(11-13)23-2/h3-8,11,17H,9-10H2,1-2H3,(H2,21,22,25). The Balaban J connectivity index is 1.84. The second-order valence-electron chi connectivity index (χ2n) is 5.36. The number of hydrogen-bond acceptors (Lipinski definition) is 3. The Hall–Kier alpha value is -2.41. The first-order chi connectivity index (χ1) is 12.0. The Morgan fingerprint density at radius 1 is 1.12 bits per heavy atom. The van der Waals surface area contributed by atoms with Crippen molar-refractivity contribution < 1.29 is 18.3 Å². The molecule has 0 atom stereocenters. The maximum Gasteiger partial charge on any atom is 0.387 e. The van der Waals surface area contributed by atoms with Gasteiger partial charge in [0.05, 0.1) is 7.11 Å². The highest BCUT2D eigenvalue weighted by atomic mass is 32.1. The Morgan fingerprint density at radius 3 is 2.48 bits per heavy atom. The van der Waals surface area contributed by atoms with E-state index in [-0.39, 0.29) is 11.5 Å². The predicted molar refractivity (Wildman–Crippen MR) is 98.7 cm³/mol. The van der Waals surface area contributed by atoms with E-state index in [1.807, 2.05) is 31.2 Å². The van der Waals surface area contributed by atoms with Crippen molar-refractivity contribution in [3.8, 4) is 11.5 Å². The molecule has 2 rings (SSSR count). The molecule has 0 spiro atoms. The number of nitrogens with one attached hydrogen (secondary N) is 2. The number of rotatable bonds is 7. The molecule has 0 aliphatic heterocycles. The summed E-state index contributed by atoms with van der Waals surface area (Å²) in [6.07, 6.45) is 0.654. The lowest BCUT2D eigenvalue weighted by atomic mass is 10.1. The van der Waals surface area contributed by atoms with Crippen LogP contribution in [0.25, 0.3) is 0 Å². The number of alkyl halides is 2. The molecule has 0 unspecified atom stereocenters. The minimum Gasteiger partial charge on any atom is -0.493 e. The molecule has 0 aromatic heterocycles. The molecule has 0 fully saturated rings. The van der Waals surface area contributed by atoms with Crippen LogP contribution in [0.5, 0.6) is 11.5 Å². The lowest BCUT2D eigenvalue weighted by molar-refractivity contribution is -0.0512. The Labute approximate surface area is 151 Å². The van der Waals surface area contributed by atoms with Crippen LogP contribution < -0.4 is 20.1 Å². The maximum atomic E-state index is 12.3. The number of halogens is 2. The van der Waals surface area contributed by atoms with Crippen LogP contribution >= 0.6 is 12.2 Å². The van der Waals surface area contributed by atoms with Crippen molar-refractivity contribution in [1.82, 2.24) is 5.32 Å². The molecule has 4 nitrogen and oxygen atoms in total. The van der Waals surface area contributed by atoms with E-state index in [9.17, 15) is 8.78 Å². The highest BCUT2D eigenvalue weighted by Gasteiger charge is 2.11. The molecule has 134 valence electrons. The molecule has 0 saturated carbocycles. The van der Waals surface area contributed by atoms with Gasteiger partial charge in [0.1, 0.15) is 0 Å². The van der Waals surface area contributed by atoms with Crippen LogP contribution in [0.2, 0.25) is 0 Å². The second kappa shape index (κ2) is 9.17. The molecule has 2 N–H and O–H groups in total. The first-order valence-corrected chi connectivity index (χ1v) is 8.12. The Morgan fingerprint density at radius 2 is 1.84 bits per heavy atom. The smallest absolute Gasteiger partial charge is 0.387 e. The summed E-state index contributed by atoms with van der Waals surface area (Å²) in [7, 11) is 1.41. The molecule has 0 aliphatic rings. The maximum absolute atomic E-state index is 12.3. The van der Waals surface area contributed by atoms with Crippen molar-refractivity contribution in [2.45, 2.75) is 20.0 Å². The first-order valence-electron chi connectivity index (χ1n) is 7.71. The summed E-state index contributed by atoms with van der Waals surface area (Å²) < 4.78 is 34.1. The molecule has 2 aromatic carbocycles. The summed E-state index contributed by atoms with van der Waals surface area (Å²) in [5.41, 5.74) is 3.01. The van der Waals surface area contributed by atoms with Crippen molar-refractivity contribution >= 4 is 23.0 Å². The van der Waals surface area contributed by atoms with E-state index >= 15 is 0 Å². The SMILES string of the molecule is COc1cc(CCNC(=S)Nc2ccc(C)cc2)ccc1OC(F)F. The van der Waals surface area contributed by atoms with Crippen molar-refractivity contribution in [3.05, 3.63) is 53.6 Å². The van der Waals surface area contributed by atoms with E-state index in [4.69, 9.17) is 17.0 Å². The fourth-order valence-electron chi connectivity index (χ4n) is 2.19. The fraction of sp³-hybridized carbons (Fsp3) is 0.278. The molecule has 0 aliphatic carbocycles. The summed E-state index contributed by atoms with van der Waals surface area (Å²) >= 11 is 5.25. The average molecular weight is 366 g/mol. The van der Waals surface area contributed by atoms with E-state index < -0.39 is 6.61 Å². The van der Waals surface area contributed by atoms with Crippen LogP contribution in [-0.4, -0.2) is 25.4 Å². The summed E-state index contributed by atoms with van der Waals surface area (Å²) in [5, 5.41) is 6.73. The van der Waals surface area contributed by atoms with Crippen LogP contribution in [-0.2, 0) is 6.42 Å². The summed E-state index contributed by atoms with van der Waals surface area (Å²) in [6.45, 7) is -0.269.